The lowest BCUT2D eigenvalue weighted by molar-refractivity contribution is -0.657. The summed E-state index contributed by atoms with van der Waals surface area (Å²) in [5.74, 6) is 0. The molecule has 1 N–H and O–H groups in total. The van der Waals surface area contributed by atoms with Gasteiger partial charge in [0.15, 0.2) is 0 Å². The van der Waals surface area contributed by atoms with Crippen LogP contribution in [0.3, 0.4) is 0 Å². The van der Waals surface area contributed by atoms with E-state index in [1.165, 1.54) is 16.8 Å². The maximum Gasteiger partial charge on any atom is 0.339 e. The van der Waals surface area contributed by atoms with Crippen molar-refractivity contribution >= 4 is 33.5 Å². The molecule has 156 valence electrons. The molecular weight excluding hydrogens is 468 g/mol. The number of nitrogens with one attached hydrogen (secondary N) is 1. The number of benzene rings is 3. The van der Waals surface area contributed by atoms with E-state index in [0.717, 1.165) is 28.7 Å². The van der Waals surface area contributed by atoms with E-state index in [1.807, 2.05) is 60.7 Å². The predicted octanol–water partition coefficient (Wildman–Crippen LogP) is 4.36. The zero-order chi connectivity index (χ0) is 20.8. The van der Waals surface area contributed by atoms with E-state index in [9.17, 15) is 0 Å². The van der Waals surface area contributed by atoms with Gasteiger partial charge in [0.05, 0.1) is 11.4 Å². The van der Waals surface area contributed by atoms with Crippen LogP contribution in [-0.2, 0) is 6.54 Å². The highest BCUT2D eigenvalue weighted by molar-refractivity contribution is 7.13. The number of halogens is 1. The molecule has 0 aliphatic rings. The summed E-state index contributed by atoms with van der Waals surface area (Å²) in [4.78, 5) is 0. The molecule has 0 aliphatic carbocycles. The Morgan fingerprint density at radius 2 is 1.55 bits per heavy atom. The SMILES string of the molecule is C=CC[n+]1c(-c2ccc(C)cc2)csc1Nc1ccc(N=Nc2ccccc2)cc1.[Br-]. The second-order valence-corrected chi connectivity index (χ2v) is 7.76. The molecule has 3 aromatic carbocycles. The van der Waals surface area contributed by atoms with Crippen molar-refractivity contribution in [2.75, 3.05) is 5.32 Å². The standard InChI is InChI=1S/C25H22N4S.BrH/c1-3-17-29-24(20-11-9-19(2)10-12-20)18-30-25(29)26-21-13-15-23(16-14-21)28-27-22-7-5-4-6-8-22;/h3-16,18H,1,17H2,2H3;1H. The molecule has 0 fully saturated rings. The zero-order valence-electron chi connectivity index (χ0n) is 17.2. The number of azo groups is 1. The normalized spacial score (nSPS) is 10.6. The predicted molar refractivity (Wildman–Crippen MR) is 125 cm³/mol. The molecule has 0 saturated carbocycles. The zero-order valence-corrected chi connectivity index (χ0v) is 19.6. The van der Waals surface area contributed by atoms with Crippen LogP contribution in [0, 0.1) is 6.92 Å². The minimum absolute atomic E-state index is 0. The number of aryl methyl sites for hydroxylation is 1. The van der Waals surface area contributed by atoms with Crippen LogP contribution < -0.4 is 26.9 Å². The Bertz CT molecular complexity index is 1150. The molecule has 0 bridgehead atoms. The van der Waals surface area contributed by atoms with E-state index in [0.29, 0.717) is 0 Å². The van der Waals surface area contributed by atoms with Gasteiger partial charge in [0.2, 0.25) is 0 Å². The fourth-order valence-corrected chi connectivity index (χ4v) is 4.01. The molecule has 31 heavy (non-hydrogen) atoms. The first-order valence-electron chi connectivity index (χ1n) is 9.76. The molecule has 1 aromatic heterocycles. The van der Waals surface area contributed by atoms with Crippen molar-refractivity contribution in [2.45, 2.75) is 13.5 Å². The Labute approximate surface area is 197 Å². The molecule has 6 heteroatoms. The molecule has 4 rings (SSSR count). The number of allylic oxidation sites excluding steroid dienone is 1. The Hall–Kier alpha value is -3.09. The summed E-state index contributed by atoms with van der Waals surface area (Å²) in [5.41, 5.74) is 6.29. The molecule has 0 spiro atoms. The van der Waals surface area contributed by atoms with Gasteiger partial charge in [0.25, 0.3) is 0 Å². The lowest BCUT2D eigenvalue weighted by Gasteiger charge is -2.05. The number of anilines is 2. The van der Waals surface area contributed by atoms with Gasteiger partial charge in [0.1, 0.15) is 17.9 Å². The van der Waals surface area contributed by atoms with Crippen LogP contribution in [0.15, 0.2) is 107 Å². The first-order chi connectivity index (χ1) is 14.7. The molecule has 4 nitrogen and oxygen atoms in total. The Morgan fingerprint density at radius 1 is 0.903 bits per heavy atom. The fraction of sp³-hybridized carbons (Fsp3) is 0.0800. The third kappa shape index (κ3) is 5.75. The second-order valence-electron chi connectivity index (χ2n) is 6.90. The van der Waals surface area contributed by atoms with E-state index in [4.69, 9.17) is 0 Å². The third-order valence-electron chi connectivity index (χ3n) is 4.63. The van der Waals surface area contributed by atoms with Gasteiger partial charge in [-0.25, -0.2) is 9.88 Å². The van der Waals surface area contributed by atoms with Crippen LogP contribution in [-0.4, -0.2) is 0 Å². The Kier molecular flexibility index (Phi) is 7.87. The summed E-state index contributed by atoms with van der Waals surface area (Å²) in [6, 6.07) is 26.3. The molecule has 0 saturated heterocycles. The molecule has 0 aliphatic heterocycles. The monoisotopic (exact) mass is 490 g/mol. The van der Waals surface area contributed by atoms with Crippen LogP contribution in [0.5, 0.6) is 0 Å². The molecule has 0 radical (unpaired) electrons. The van der Waals surface area contributed by atoms with Crippen LogP contribution in [0.2, 0.25) is 0 Å². The molecule has 4 aromatic rings. The first kappa shape index (κ1) is 22.6. The summed E-state index contributed by atoms with van der Waals surface area (Å²) in [6.07, 6.45) is 1.92. The summed E-state index contributed by atoms with van der Waals surface area (Å²) in [6.45, 7) is 6.76. The van der Waals surface area contributed by atoms with Crippen molar-refractivity contribution < 1.29 is 21.5 Å². The minimum Gasteiger partial charge on any atom is -1.00 e. The van der Waals surface area contributed by atoms with E-state index in [1.54, 1.807) is 11.3 Å². The number of thiazole rings is 1. The van der Waals surface area contributed by atoms with Crippen LogP contribution in [0.1, 0.15) is 5.56 Å². The summed E-state index contributed by atoms with van der Waals surface area (Å²) >= 11 is 1.68. The smallest absolute Gasteiger partial charge is 0.339 e. The van der Waals surface area contributed by atoms with E-state index in [-0.39, 0.29) is 17.0 Å². The van der Waals surface area contributed by atoms with Crippen molar-refractivity contribution in [3.63, 3.8) is 0 Å². The largest absolute Gasteiger partial charge is 1.00 e. The topological polar surface area (TPSA) is 40.6 Å². The van der Waals surface area contributed by atoms with Crippen molar-refractivity contribution in [1.29, 1.82) is 0 Å². The van der Waals surface area contributed by atoms with Gasteiger partial charge in [-0.15, -0.1) is 0 Å². The molecular formula is C25H23BrN4S. The lowest BCUT2D eigenvalue weighted by Crippen LogP contribution is -3.00. The van der Waals surface area contributed by atoms with Gasteiger partial charge < -0.3 is 17.0 Å². The number of nitrogens with zero attached hydrogens (tertiary/aromatic N) is 3. The highest BCUT2D eigenvalue weighted by atomic mass is 79.9. The lowest BCUT2D eigenvalue weighted by atomic mass is 10.1. The summed E-state index contributed by atoms with van der Waals surface area (Å²) in [5, 5.41) is 15.3. The van der Waals surface area contributed by atoms with Gasteiger partial charge in [-0.05, 0) is 43.3 Å². The molecule has 0 atom stereocenters. The van der Waals surface area contributed by atoms with Crippen molar-refractivity contribution in [3.05, 3.63) is 102 Å². The average Bonchev–Trinajstić information content (AvgIpc) is 3.17. The summed E-state index contributed by atoms with van der Waals surface area (Å²) < 4.78 is 2.24. The average molecular weight is 491 g/mol. The van der Waals surface area contributed by atoms with Gasteiger partial charge in [0, 0.05) is 10.9 Å². The van der Waals surface area contributed by atoms with E-state index < -0.39 is 0 Å². The first-order valence-corrected chi connectivity index (χ1v) is 10.6. The van der Waals surface area contributed by atoms with Gasteiger partial charge >= 0.3 is 5.13 Å². The third-order valence-corrected chi connectivity index (χ3v) is 5.52. The summed E-state index contributed by atoms with van der Waals surface area (Å²) in [7, 11) is 0. The quantitative estimate of drug-likeness (QED) is 0.233. The van der Waals surface area contributed by atoms with Crippen molar-refractivity contribution in [1.82, 2.24) is 0 Å². The minimum atomic E-state index is 0. The maximum absolute atomic E-state index is 4.30. The van der Waals surface area contributed by atoms with Gasteiger partial charge in [-0.3, -0.25) is 0 Å². The molecule has 0 unspecified atom stereocenters. The van der Waals surface area contributed by atoms with Crippen LogP contribution in [0.4, 0.5) is 22.2 Å². The van der Waals surface area contributed by atoms with E-state index >= 15 is 0 Å². The van der Waals surface area contributed by atoms with Crippen molar-refractivity contribution in [3.8, 4) is 11.3 Å². The van der Waals surface area contributed by atoms with Crippen molar-refractivity contribution in [2.24, 2.45) is 10.2 Å². The van der Waals surface area contributed by atoms with E-state index in [2.05, 4.69) is 63.3 Å². The molecule has 0 amide bonds. The number of rotatable bonds is 7. The second kappa shape index (κ2) is 10.8. The number of hydrogen-bond donors (Lipinski definition) is 1. The van der Waals surface area contributed by atoms with Gasteiger partial charge in [-0.2, -0.15) is 10.2 Å². The number of hydrogen-bond acceptors (Lipinski definition) is 4. The Balaban J connectivity index is 0.00000272. The fourth-order valence-electron chi connectivity index (χ4n) is 3.05. The Morgan fingerprint density at radius 3 is 2.19 bits per heavy atom. The highest BCUT2D eigenvalue weighted by Gasteiger charge is 2.18. The van der Waals surface area contributed by atoms with Gasteiger partial charge in [-0.1, -0.05) is 72.0 Å². The number of aromatic nitrogens is 1. The highest BCUT2D eigenvalue weighted by Crippen LogP contribution is 2.27. The maximum atomic E-state index is 4.30. The van der Waals surface area contributed by atoms with Crippen LogP contribution >= 0.6 is 11.3 Å². The van der Waals surface area contributed by atoms with Crippen LogP contribution in [0.25, 0.3) is 11.3 Å². The molecule has 1 heterocycles.